The molecule has 0 saturated carbocycles. The van der Waals surface area contributed by atoms with Crippen LogP contribution in [0.3, 0.4) is 0 Å². The van der Waals surface area contributed by atoms with Gasteiger partial charge in [0.05, 0.1) is 7.11 Å². The average Bonchev–Trinajstić information content (AvgIpc) is 2.72. The molecule has 0 radical (unpaired) electrons. The molecule has 0 atom stereocenters. The number of halogens is 2. The van der Waals surface area contributed by atoms with E-state index in [2.05, 4.69) is 5.32 Å². The zero-order valence-corrected chi connectivity index (χ0v) is 15.4. The first kappa shape index (κ1) is 20.0. The number of carbonyl (C=O) groups excluding carboxylic acids is 2. The Morgan fingerprint density at radius 2 is 1.72 bits per heavy atom. The molecule has 0 aliphatic rings. The number of rotatable bonds is 6. The number of carbonyl (C=O) groups is 2. The van der Waals surface area contributed by atoms with E-state index in [1.807, 2.05) is 36.4 Å². The number of fused-ring (bicyclic) bond motifs is 1. The highest BCUT2D eigenvalue weighted by Crippen LogP contribution is 2.22. The fourth-order valence-corrected chi connectivity index (χ4v) is 2.59. The van der Waals surface area contributed by atoms with Crippen molar-refractivity contribution in [2.45, 2.75) is 0 Å². The summed E-state index contributed by atoms with van der Waals surface area (Å²) in [7, 11) is 1.60. The molecule has 3 rings (SSSR count). The van der Waals surface area contributed by atoms with Crippen molar-refractivity contribution in [3.05, 3.63) is 77.9 Å². The maximum absolute atomic E-state index is 13.1. The zero-order chi connectivity index (χ0) is 20.8. The lowest BCUT2D eigenvalue weighted by Gasteiger charge is -2.06. The number of esters is 1. The van der Waals surface area contributed by atoms with E-state index in [0.717, 1.165) is 34.2 Å². The van der Waals surface area contributed by atoms with Crippen LogP contribution in [0.1, 0.15) is 5.56 Å². The molecular formula is C22H17F2NO4. The lowest BCUT2D eigenvalue weighted by molar-refractivity contribution is -0.142. The van der Waals surface area contributed by atoms with Gasteiger partial charge in [-0.3, -0.25) is 4.79 Å². The number of ether oxygens (including phenoxy) is 2. The Labute approximate surface area is 165 Å². The maximum Gasteiger partial charge on any atom is 0.331 e. The Hall–Kier alpha value is -3.74. The van der Waals surface area contributed by atoms with Crippen LogP contribution in [-0.2, 0) is 14.3 Å². The lowest BCUT2D eigenvalue weighted by Crippen LogP contribution is -2.20. The highest BCUT2D eigenvalue weighted by atomic mass is 19.2. The van der Waals surface area contributed by atoms with Crippen molar-refractivity contribution in [3.63, 3.8) is 0 Å². The van der Waals surface area contributed by atoms with Gasteiger partial charge < -0.3 is 14.8 Å². The molecule has 1 amide bonds. The van der Waals surface area contributed by atoms with Crippen molar-refractivity contribution in [1.82, 2.24) is 0 Å². The second kappa shape index (κ2) is 8.97. The van der Waals surface area contributed by atoms with Gasteiger partial charge in [0, 0.05) is 17.8 Å². The molecule has 0 unspecified atom stereocenters. The van der Waals surface area contributed by atoms with Gasteiger partial charge in [0.25, 0.3) is 5.91 Å². The van der Waals surface area contributed by atoms with Crippen molar-refractivity contribution in [2.75, 3.05) is 19.0 Å². The number of anilines is 1. The number of methoxy groups -OCH3 is 1. The first-order valence-electron chi connectivity index (χ1n) is 8.62. The van der Waals surface area contributed by atoms with E-state index in [1.165, 1.54) is 12.1 Å². The van der Waals surface area contributed by atoms with Crippen molar-refractivity contribution < 1.29 is 27.8 Å². The summed E-state index contributed by atoms with van der Waals surface area (Å²) in [5.74, 6) is -2.73. The smallest absolute Gasteiger partial charge is 0.331 e. The standard InChI is InChI=1S/C22H17F2NO4/c1-28-18-7-5-15-10-14(2-4-16(15)11-18)3-9-22(27)29-13-21(26)25-17-6-8-19(23)20(24)12-17/h2-12H,13H2,1H3,(H,25,26)/b9-3+. The van der Waals surface area contributed by atoms with E-state index < -0.39 is 30.1 Å². The maximum atomic E-state index is 13.1. The molecule has 0 aliphatic heterocycles. The molecule has 0 aliphatic carbocycles. The lowest BCUT2D eigenvalue weighted by atomic mass is 10.1. The van der Waals surface area contributed by atoms with Gasteiger partial charge in [-0.25, -0.2) is 13.6 Å². The first-order valence-corrected chi connectivity index (χ1v) is 8.62. The van der Waals surface area contributed by atoms with Gasteiger partial charge in [-0.2, -0.15) is 0 Å². The normalized spacial score (nSPS) is 10.9. The molecule has 0 spiro atoms. The average molecular weight is 397 g/mol. The molecule has 3 aromatic carbocycles. The number of nitrogens with one attached hydrogen (secondary N) is 1. The van der Waals surface area contributed by atoms with Gasteiger partial charge >= 0.3 is 5.97 Å². The van der Waals surface area contributed by atoms with Gasteiger partial charge in [-0.15, -0.1) is 0 Å². The number of benzene rings is 3. The first-order chi connectivity index (χ1) is 13.9. The molecular weight excluding hydrogens is 380 g/mol. The van der Waals surface area contributed by atoms with E-state index in [-0.39, 0.29) is 5.69 Å². The van der Waals surface area contributed by atoms with E-state index >= 15 is 0 Å². The van der Waals surface area contributed by atoms with E-state index in [9.17, 15) is 18.4 Å². The van der Waals surface area contributed by atoms with Crippen LogP contribution in [0, 0.1) is 11.6 Å². The highest BCUT2D eigenvalue weighted by molar-refractivity contribution is 5.95. The Kier molecular flexibility index (Phi) is 6.19. The quantitative estimate of drug-likeness (QED) is 0.497. The molecule has 0 saturated heterocycles. The summed E-state index contributed by atoms with van der Waals surface area (Å²) in [6.45, 7) is -0.556. The molecule has 3 aromatic rings. The van der Waals surface area contributed by atoms with Crippen LogP contribution in [0.2, 0.25) is 0 Å². The zero-order valence-electron chi connectivity index (χ0n) is 15.4. The van der Waals surface area contributed by atoms with Crippen molar-refractivity contribution >= 4 is 34.4 Å². The van der Waals surface area contributed by atoms with E-state index in [0.29, 0.717) is 0 Å². The highest BCUT2D eigenvalue weighted by Gasteiger charge is 2.08. The largest absolute Gasteiger partial charge is 0.497 e. The van der Waals surface area contributed by atoms with Gasteiger partial charge in [0.15, 0.2) is 18.2 Å². The third-order valence-corrected chi connectivity index (χ3v) is 4.03. The SMILES string of the molecule is COc1ccc2cc(/C=C/C(=O)OCC(=O)Nc3ccc(F)c(F)c3)ccc2c1. The fourth-order valence-electron chi connectivity index (χ4n) is 2.59. The van der Waals surface area contributed by atoms with Crippen LogP contribution < -0.4 is 10.1 Å². The Balaban J connectivity index is 1.54. The van der Waals surface area contributed by atoms with Gasteiger partial charge in [-0.05, 0) is 52.7 Å². The summed E-state index contributed by atoms with van der Waals surface area (Å²) in [5, 5.41) is 4.29. The summed E-state index contributed by atoms with van der Waals surface area (Å²) in [6, 6.07) is 14.2. The van der Waals surface area contributed by atoms with Crippen LogP contribution in [-0.4, -0.2) is 25.6 Å². The van der Waals surface area contributed by atoms with Crippen molar-refractivity contribution in [2.24, 2.45) is 0 Å². The number of amides is 1. The predicted octanol–water partition coefficient (Wildman–Crippen LogP) is 4.32. The van der Waals surface area contributed by atoms with Gasteiger partial charge in [0.1, 0.15) is 5.75 Å². The molecule has 29 heavy (non-hydrogen) atoms. The topological polar surface area (TPSA) is 64.6 Å². The number of hydrogen-bond acceptors (Lipinski definition) is 4. The Morgan fingerprint density at radius 1 is 0.966 bits per heavy atom. The third-order valence-electron chi connectivity index (χ3n) is 4.03. The molecule has 7 heteroatoms. The molecule has 0 fully saturated rings. The Morgan fingerprint density at radius 3 is 2.48 bits per heavy atom. The minimum Gasteiger partial charge on any atom is -0.497 e. The van der Waals surface area contributed by atoms with Crippen LogP contribution in [0.25, 0.3) is 16.8 Å². The van der Waals surface area contributed by atoms with E-state index in [4.69, 9.17) is 9.47 Å². The molecule has 148 valence electrons. The number of hydrogen-bond donors (Lipinski definition) is 1. The summed E-state index contributed by atoms with van der Waals surface area (Å²) in [4.78, 5) is 23.6. The van der Waals surface area contributed by atoms with Crippen LogP contribution >= 0.6 is 0 Å². The second-order valence-corrected chi connectivity index (χ2v) is 6.09. The summed E-state index contributed by atoms with van der Waals surface area (Å²) < 4.78 is 36.0. The van der Waals surface area contributed by atoms with Crippen molar-refractivity contribution in [3.8, 4) is 5.75 Å². The molecule has 0 aromatic heterocycles. The summed E-state index contributed by atoms with van der Waals surface area (Å²) >= 11 is 0. The van der Waals surface area contributed by atoms with E-state index in [1.54, 1.807) is 13.2 Å². The third kappa shape index (κ3) is 5.38. The molecule has 0 heterocycles. The predicted molar refractivity (Wildman–Crippen MR) is 105 cm³/mol. The minimum atomic E-state index is -1.09. The van der Waals surface area contributed by atoms with Gasteiger partial charge in [0.2, 0.25) is 0 Å². The monoisotopic (exact) mass is 397 g/mol. The van der Waals surface area contributed by atoms with Gasteiger partial charge in [-0.1, -0.05) is 18.2 Å². The molecule has 0 bridgehead atoms. The summed E-state index contributed by atoms with van der Waals surface area (Å²) in [6.07, 6.45) is 2.77. The van der Waals surface area contributed by atoms with Crippen LogP contribution in [0.4, 0.5) is 14.5 Å². The van der Waals surface area contributed by atoms with Crippen LogP contribution in [0.5, 0.6) is 5.75 Å². The molecule has 1 N–H and O–H groups in total. The summed E-state index contributed by atoms with van der Waals surface area (Å²) in [5.41, 5.74) is 0.846. The van der Waals surface area contributed by atoms with Crippen LogP contribution in [0.15, 0.2) is 60.7 Å². The minimum absolute atomic E-state index is 0.0632. The fraction of sp³-hybridized carbons (Fsp3) is 0.0909. The second-order valence-electron chi connectivity index (χ2n) is 6.09. The van der Waals surface area contributed by atoms with Crippen molar-refractivity contribution in [1.29, 1.82) is 0 Å². The Bertz CT molecular complexity index is 1100. The molecule has 5 nitrogen and oxygen atoms in total.